The van der Waals surface area contributed by atoms with Gasteiger partial charge in [0.25, 0.3) is 0 Å². The molecule has 2 nitrogen and oxygen atoms in total. The predicted octanol–water partition coefficient (Wildman–Crippen LogP) is 2.32. The Morgan fingerprint density at radius 2 is 2.18 bits per heavy atom. The smallest absolute Gasteiger partial charge is 0.136 e. The van der Waals surface area contributed by atoms with Crippen LogP contribution in [0.1, 0.15) is 5.56 Å². The van der Waals surface area contributed by atoms with E-state index in [-0.39, 0.29) is 0 Å². The Hall–Kier alpha value is -1.44. The normalized spacial score (nSPS) is 10.6. The summed E-state index contributed by atoms with van der Waals surface area (Å²) in [5.74, 6) is 0. The lowest BCUT2D eigenvalue weighted by Gasteiger charge is -1.96. The number of hydrogen-bond donors (Lipinski definition) is 1. The molecule has 2 N–H and O–H groups in total. The second-order valence-corrected chi connectivity index (χ2v) is 2.67. The van der Waals surface area contributed by atoms with Gasteiger partial charge < -0.3 is 10.2 Å². The Bertz CT molecular complexity index is 389. The summed E-state index contributed by atoms with van der Waals surface area (Å²) in [4.78, 5) is 0. The minimum atomic E-state index is 0.755. The molecule has 0 aliphatic carbocycles. The van der Waals surface area contributed by atoms with Gasteiger partial charge in [-0.15, -0.1) is 0 Å². The number of aryl methyl sites for hydroxylation is 1. The molecule has 1 aromatic carbocycles. The van der Waals surface area contributed by atoms with Crippen molar-refractivity contribution in [2.75, 3.05) is 5.73 Å². The van der Waals surface area contributed by atoms with Gasteiger partial charge >= 0.3 is 0 Å². The zero-order valence-electron chi connectivity index (χ0n) is 6.29. The number of nitrogens with two attached hydrogens (primary N) is 1. The van der Waals surface area contributed by atoms with E-state index >= 15 is 0 Å². The summed E-state index contributed by atoms with van der Waals surface area (Å²) in [6.07, 6.45) is 1.68. The highest BCUT2D eigenvalue weighted by molar-refractivity contribution is 5.83. The van der Waals surface area contributed by atoms with Gasteiger partial charge in [-0.3, -0.25) is 0 Å². The number of anilines is 1. The van der Waals surface area contributed by atoms with Crippen molar-refractivity contribution < 1.29 is 4.42 Å². The molecule has 11 heavy (non-hydrogen) atoms. The van der Waals surface area contributed by atoms with Crippen molar-refractivity contribution in [3.05, 3.63) is 30.0 Å². The van der Waals surface area contributed by atoms with Gasteiger partial charge in [0.1, 0.15) is 5.58 Å². The average Bonchev–Trinajstić information content (AvgIpc) is 2.34. The molecule has 0 atom stereocenters. The average molecular weight is 147 g/mol. The monoisotopic (exact) mass is 147 g/mol. The molecule has 0 saturated carbocycles. The standard InChI is InChI=1S/C9H9NO/c1-6-4-7(10)5-9-8(6)2-3-11-9/h2-5H,10H2,1H3. The molecule has 0 unspecified atom stereocenters. The van der Waals surface area contributed by atoms with Crippen LogP contribution >= 0.6 is 0 Å². The van der Waals surface area contributed by atoms with Crippen molar-refractivity contribution in [2.24, 2.45) is 0 Å². The minimum absolute atomic E-state index is 0.755. The minimum Gasteiger partial charge on any atom is -0.464 e. The van der Waals surface area contributed by atoms with Gasteiger partial charge in [-0.05, 0) is 24.6 Å². The van der Waals surface area contributed by atoms with Crippen LogP contribution in [0.3, 0.4) is 0 Å². The summed E-state index contributed by atoms with van der Waals surface area (Å²) in [6, 6.07) is 5.73. The zero-order chi connectivity index (χ0) is 7.84. The van der Waals surface area contributed by atoms with E-state index < -0.39 is 0 Å². The molecule has 0 saturated heterocycles. The summed E-state index contributed by atoms with van der Waals surface area (Å²) in [6.45, 7) is 2.02. The first-order valence-corrected chi connectivity index (χ1v) is 3.51. The van der Waals surface area contributed by atoms with E-state index in [0.29, 0.717) is 0 Å². The molecule has 0 fully saturated rings. The highest BCUT2D eigenvalue weighted by atomic mass is 16.3. The van der Waals surface area contributed by atoms with Crippen LogP contribution < -0.4 is 5.73 Å². The first-order chi connectivity index (χ1) is 5.27. The summed E-state index contributed by atoms with van der Waals surface area (Å²) in [7, 11) is 0. The Morgan fingerprint density at radius 1 is 1.36 bits per heavy atom. The van der Waals surface area contributed by atoms with Crippen molar-refractivity contribution >= 4 is 16.7 Å². The Kier molecular flexibility index (Phi) is 1.15. The quantitative estimate of drug-likeness (QED) is 0.581. The number of furan rings is 1. The molecule has 2 rings (SSSR count). The summed E-state index contributed by atoms with van der Waals surface area (Å²) in [5.41, 5.74) is 8.40. The number of nitrogen functional groups attached to an aromatic ring is 1. The molecule has 0 aliphatic rings. The third kappa shape index (κ3) is 0.871. The molecule has 0 bridgehead atoms. The Morgan fingerprint density at radius 3 is 3.00 bits per heavy atom. The fourth-order valence-corrected chi connectivity index (χ4v) is 1.28. The van der Waals surface area contributed by atoms with Gasteiger partial charge in [0.05, 0.1) is 6.26 Å². The Labute approximate surface area is 64.6 Å². The molecular formula is C9H9NO. The fraction of sp³-hybridized carbons (Fsp3) is 0.111. The van der Waals surface area contributed by atoms with E-state index in [2.05, 4.69) is 0 Å². The zero-order valence-corrected chi connectivity index (χ0v) is 6.29. The van der Waals surface area contributed by atoms with Gasteiger partial charge in [0.2, 0.25) is 0 Å². The number of benzene rings is 1. The molecule has 0 amide bonds. The molecule has 2 heteroatoms. The largest absolute Gasteiger partial charge is 0.464 e. The van der Waals surface area contributed by atoms with E-state index in [4.69, 9.17) is 10.2 Å². The van der Waals surface area contributed by atoms with Crippen molar-refractivity contribution in [1.82, 2.24) is 0 Å². The summed E-state index contributed by atoms with van der Waals surface area (Å²) < 4.78 is 5.20. The molecular weight excluding hydrogens is 138 g/mol. The maximum absolute atomic E-state index is 5.62. The van der Waals surface area contributed by atoms with Gasteiger partial charge in [-0.1, -0.05) is 0 Å². The van der Waals surface area contributed by atoms with Crippen molar-refractivity contribution in [1.29, 1.82) is 0 Å². The maximum atomic E-state index is 5.62. The summed E-state index contributed by atoms with van der Waals surface area (Å²) >= 11 is 0. The van der Waals surface area contributed by atoms with E-state index in [1.165, 1.54) is 0 Å². The topological polar surface area (TPSA) is 39.2 Å². The van der Waals surface area contributed by atoms with E-state index in [9.17, 15) is 0 Å². The van der Waals surface area contributed by atoms with Crippen molar-refractivity contribution in [2.45, 2.75) is 6.92 Å². The molecule has 0 aliphatic heterocycles. The molecule has 1 heterocycles. The lowest BCUT2D eigenvalue weighted by molar-refractivity contribution is 0.616. The number of fused-ring (bicyclic) bond motifs is 1. The lowest BCUT2D eigenvalue weighted by Crippen LogP contribution is -1.84. The summed E-state index contributed by atoms with van der Waals surface area (Å²) in [5, 5.41) is 1.14. The van der Waals surface area contributed by atoms with E-state index in [1.54, 1.807) is 6.26 Å². The first kappa shape index (κ1) is 6.28. The molecule has 1 aromatic heterocycles. The number of hydrogen-bond acceptors (Lipinski definition) is 2. The van der Waals surface area contributed by atoms with Crippen LogP contribution in [-0.2, 0) is 0 Å². The van der Waals surface area contributed by atoms with Crippen LogP contribution in [0, 0.1) is 6.92 Å². The SMILES string of the molecule is Cc1cc(N)cc2occc12. The van der Waals surface area contributed by atoms with Crippen LogP contribution in [-0.4, -0.2) is 0 Å². The second-order valence-electron chi connectivity index (χ2n) is 2.67. The van der Waals surface area contributed by atoms with Crippen molar-refractivity contribution in [3.63, 3.8) is 0 Å². The van der Waals surface area contributed by atoms with Crippen LogP contribution in [0.4, 0.5) is 5.69 Å². The highest BCUT2D eigenvalue weighted by Gasteiger charge is 1.99. The predicted molar refractivity (Wildman–Crippen MR) is 45.4 cm³/mol. The fourth-order valence-electron chi connectivity index (χ4n) is 1.28. The highest BCUT2D eigenvalue weighted by Crippen LogP contribution is 2.22. The molecule has 2 aromatic rings. The van der Waals surface area contributed by atoms with Crippen LogP contribution in [0.5, 0.6) is 0 Å². The molecule has 56 valence electrons. The van der Waals surface area contributed by atoms with Crippen LogP contribution in [0.2, 0.25) is 0 Å². The van der Waals surface area contributed by atoms with E-state index in [0.717, 1.165) is 22.2 Å². The molecule has 0 spiro atoms. The van der Waals surface area contributed by atoms with Crippen LogP contribution in [0.25, 0.3) is 11.0 Å². The maximum Gasteiger partial charge on any atom is 0.136 e. The van der Waals surface area contributed by atoms with Crippen molar-refractivity contribution in [3.8, 4) is 0 Å². The Balaban J connectivity index is 2.91. The third-order valence-electron chi connectivity index (χ3n) is 1.80. The van der Waals surface area contributed by atoms with Gasteiger partial charge in [0, 0.05) is 17.1 Å². The number of rotatable bonds is 0. The van der Waals surface area contributed by atoms with Gasteiger partial charge in [0.15, 0.2) is 0 Å². The van der Waals surface area contributed by atoms with Gasteiger partial charge in [-0.2, -0.15) is 0 Å². The van der Waals surface area contributed by atoms with Crippen LogP contribution in [0.15, 0.2) is 28.9 Å². The second kappa shape index (κ2) is 2.02. The third-order valence-corrected chi connectivity index (χ3v) is 1.80. The molecule has 0 radical (unpaired) electrons. The van der Waals surface area contributed by atoms with Gasteiger partial charge in [-0.25, -0.2) is 0 Å². The van der Waals surface area contributed by atoms with E-state index in [1.807, 2.05) is 25.1 Å². The lowest BCUT2D eigenvalue weighted by atomic mass is 10.1. The first-order valence-electron chi connectivity index (χ1n) is 3.51.